The van der Waals surface area contributed by atoms with Crippen molar-refractivity contribution in [1.29, 1.82) is 0 Å². The molecule has 23 heteroatoms. The fourth-order valence-corrected chi connectivity index (χ4v) is 9.46. The molecule has 1 fully saturated rings. The van der Waals surface area contributed by atoms with E-state index >= 15 is 0 Å². The van der Waals surface area contributed by atoms with E-state index in [1.165, 1.54) is 91.7 Å². The Hall–Kier alpha value is -6.13. The van der Waals surface area contributed by atoms with Crippen molar-refractivity contribution in [2.75, 3.05) is 55.9 Å². The van der Waals surface area contributed by atoms with E-state index < -0.39 is 156 Å². The van der Waals surface area contributed by atoms with Crippen LogP contribution in [-0.2, 0) is 52.7 Å². The molecule has 5 N–H and O–H groups in total. The number of likely N-dealkylation sites (N-methyl/N-ethyl adjacent to an activating group) is 7. The van der Waals surface area contributed by atoms with Crippen LogP contribution in [0.5, 0.6) is 0 Å². The summed E-state index contributed by atoms with van der Waals surface area (Å²) in [6.45, 7) is 24.5. The summed E-state index contributed by atoms with van der Waals surface area (Å²) in [5.41, 5.74) is 0. The van der Waals surface area contributed by atoms with Gasteiger partial charge in [0.25, 0.3) is 0 Å². The second kappa shape index (κ2) is 31.6. The molecule has 0 aliphatic carbocycles. The third-order valence-corrected chi connectivity index (χ3v) is 15.1. The van der Waals surface area contributed by atoms with E-state index in [9.17, 15) is 57.8 Å². The molecule has 12 unspecified atom stereocenters. The van der Waals surface area contributed by atoms with Crippen LogP contribution in [0.2, 0.25) is 0 Å². The molecule has 1 aliphatic rings. The lowest BCUT2D eigenvalue weighted by Crippen LogP contribution is -2.63. The summed E-state index contributed by atoms with van der Waals surface area (Å²) in [7, 11) is 9.63. The molecule has 79 heavy (non-hydrogen) atoms. The average Bonchev–Trinajstić information content (AvgIpc) is 3.38. The van der Waals surface area contributed by atoms with Crippen LogP contribution in [0, 0.1) is 29.6 Å². The van der Waals surface area contributed by atoms with Gasteiger partial charge in [0.15, 0.2) is 0 Å². The van der Waals surface area contributed by atoms with E-state index in [-0.39, 0.29) is 31.1 Å². The van der Waals surface area contributed by atoms with Crippen molar-refractivity contribution in [2.45, 2.75) is 196 Å². The van der Waals surface area contributed by atoms with Crippen molar-refractivity contribution in [3.8, 4) is 0 Å². The number of nitrogens with zero attached hydrogens (tertiary/aromatic N) is 7. The van der Waals surface area contributed by atoms with Gasteiger partial charge in [-0.15, -0.1) is 0 Å². The lowest BCUT2D eigenvalue weighted by molar-refractivity contribution is -0.156. The fourth-order valence-electron chi connectivity index (χ4n) is 9.46. The van der Waals surface area contributed by atoms with Gasteiger partial charge in [0.2, 0.25) is 65.0 Å². The van der Waals surface area contributed by atoms with Crippen LogP contribution < -0.4 is 21.3 Å². The molecule has 450 valence electrons. The summed E-state index contributed by atoms with van der Waals surface area (Å²) in [6.07, 6.45) is 2.73. The van der Waals surface area contributed by atoms with E-state index in [4.69, 9.17) is 0 Å². The summed E-state index contributed by atoms with van der Waals surface area (Å²) in [4.78, 5) is 164. The van der Waals surface area contributed by atoms with Gasteiger partial charge in [0.1, 0.15) is 60.4 Å². The predicted octanol–water partition coefficient (Wildman–Crippen LogP) is 1.22. The van der Waals surface area contributed by atoms with Crippen molar-refractivity contribution in [2.24, 2.45) is 29.6 Å². The monoisotopic (exact) mass is 1120 g/mol. The minimum absolute atomic E-state index is 0.0241. The zero-order valence-electron chi connectivity index (χ0n) is 51.5. The van der Waals surface area contributed by atoms with Gasteiger partial charge in [-0.3, -0.25) is 52.7 Å². The topological polar surface area (TPSA) is 279 Å². The molecule has 0 aromatic heterocycles. The Bertz CT molecular complexity index is 2190. The lowest BCUT2D eigenvalue weighted by Gasteiger charge is -2.40. The van der Waals surface area contributed by atoms with Crippen LogP contribution in [0.1, 0.15) is 130 Å². The maximum absolute atomic E-state index is 14.8. The number of hydrogen-bond donors (Lipinski definition) is 5. The van der Waals surface area contributed by atoms with Gasteiger partial charge < -0.3 is 60.7 Å². The highest BCUT2D eigenvalue weighted by Crippen LogP contribution is 2.23. The second-order valence-corrected chi connectivity index (χ2v) is 23.2. The first-order valence-electron chi connectivity index (χ1n) is 27.8. The molecule has 0 aromatic carbocycles. The minimum Gasteiger partial charge on any atom is -0.390 e. The number of carbonyl (C=O) groups is 11. The first-order valence-corrected chi connectivity index (χ1v) is 27.8. The molecule has 0 aromatic rings. The number of allylic oxidation sites excluding steroid dienone is 2. The van der Waals surface area contributed by atoms with Gasteiger partial charge in [-0.2, -0.15) is 0 Å². The Kier molecular flexibility index (Phi) is 28.4. The van der Waals surface area contributed by atoms with Crippen molar-refractivity contribution in [3.05, 3.63) is 12.2 Å². The van der Waals surface area contributed by atoms with E-state index in [0.29, 0.717) is 6.42 Å². The first-order chi connectivity index (χ1) is 36.4. The summed E-state index contributed by atoms with van der Waals surface area (Å²) in [5, 5.41) is 22.7. The number of rotatable bonds is 11. The predicted molar refractivity (Wildman–Crippen MR) is 301 cm³/mol. The molecule has 1 heterocycles. The zero-order valence-corrected chi connectivity index (χ0v) is 51.5. The van der Waals surface area contributed by atoms with E-state index in [2.05, 4.69) is 21.3 Å². The van der Waals surface area contributed by atoms with Crippen LogP contribution in [0.25, 0.3) is 0 Å². The molecular weight excluding hydrogens is 1020 g/mol. The second-order valence-electron chi connectivity index (χ2n) is 23.2. The number of carbonyl (C=O) groups excluding carboxylic acids is 11. The van der Waals surface area contributed by atoms with Crippen LogP contribution in [-0.4, -0.2) is 227 Å². The van der Waals surface area contributed by atoms with Crippen molar-refractivity contribution in [3.63, 3.8) is 0 Å². The molecule has 0 saturated carbocycles. The van der Waals surface area contributed by atoms with Gasteiger partial charge in [-0.05, 0) is 89.9 Å². The third kappa shape index (κ3) is 19.0. The van der Waals surface area contributed by atoms with Crippen molar-refractivity contribution >= 4 is 65.0 Å². The summed E-state index contributed by atoms with van der Waals surface area (Å²) in [6, 6.07) is -12.3. The SMILES string of the molecule is CC=CCC(C)C(O)C1C(=O)NC(CC)C(=O)N(C)CC(=O)N(C)C(CC(C)C)C(=O)NC(C(C)C)C(=O)N(C)C(CC(C)C)C(=O)NC(C)C(=O)NC(C)C(=O)N(C)C(C)C(=O)N(C)C(C)C(=O)N(C)C(C(C)C)C(=O)N1C. The largest absolute Gasteiger partial charge is 0.390 e. The highest BCUT2D eigenvalue weighted by molar-refractivity contribution is 5.99. The van der Waals surface area contributed by atoms with Gasteiger partial charge in [0.05, 0.1) is 12.6 Å². The lowest BCUT2D eigenvalue weighted by atomic mass is 9.91. The number of nitrogens with one attached hydrogen (secondary N) is 4. The Balaban J connectivity index is 4.11. The van der Waals surface area contributed by atoms with Gasteiger partial charge in [-0.1, -0.05) is 81.4 Å². The highest BCUT2D eigenvalue weighted by Gasteiger charge is 2.44. The molecule has 0 radical (unpaired) electrons. The molecule has 1 aliphatic heterocycles. The van der Waals surface area contributed by atoms with Gasteiger partial charge >= 0.3 is 0 Å². The van der Waals surface area contributed by atoms with Crippen LogP contribution >= 0.6 is 0 Å². The third-order valence-electron chi connectivity index (χ3n) is 15.1. The van der Waals surface area contributed by atoms with E-state index in [0.717, 1.165) is 19.6 Å². The minimum atomic E-state index is -1.60. The molecule has 0 spiro atoms. The fraction of sp³-hybridized carbons (Fsp3) is 0.768. The van der Waals surface area contributed by atoms with Crippen molar-refractivity contribution in [1.82, 2.24) is 55.6 Å². The molecule has 11 amide bonds. The van der Waals surface area contributed by atoms with Gasteiger partial charge in [-0.25, -0.2) is 0 Å². The molecule has 23 nitrogen and oxygen atoms in total. The maximum atomic E-state index is 14.8. The molecule has 1 rings (SSSR count). The van der Waals surface area contributed by atoms with E-state index in [1.54, 1.807) is 60.6 Å². The van der Waals surface area contributed by atoms with Crippen molar-refractivity contribution < 1.29 is 57.8 Å². The Morgan fingerprint density at radius 1 is 0.506 bits per heavy atom. The number of hydrogen-bond acceptors (Lipinski definition) is 12. The smallest absolute Gasteiger partial charge is 0.246 e. The molecule has 0 bridgehead atoms. The Morgan fingerprint density at radius 2 is 0.962 bits per heavy atom. The quantitative estimate of drug-likeness (QED) is 0.183. The highest BCUT2D eigenvalue weighted by atomic mass is 16.3. The Labute approximate surface area is 470 Å². The normalized spacial score (nSPS) is 27.9. The summed E-state index contributed by atoms with van der Waals surface area (Å²) >= 11 is 0. The number of aliphatic hydroxyl groups excluding tert-OH is 1. The first kappa shape index (κ1) is 70.9. The van der Waals surface area contributed by atoms with Gasteiger partial charge in [0, 0.05) is 49.3 Å². The van der Waals surface area contributed by atoms with Crippen LogP contribution in [0.4, 0.5) is 0 Å². The van der Waals surface area contributed by atoms with E-state index in [1.807, 2.05) is 27.7 Å². The summed E-state index contributed by atoms with van der Waals surface area (Å²) < 4.78 is 0. The van der Waals surface area contributed by atoms with Crippen LogP contribution in [0.15, 0.2) is 12.2 Å². The average molecular weight is 1120 g/mol. The summed E-state index contributed by atoms with van der Waals surface area (Å²) in [5.74, 6) is -9.59. The maximum Gasteiger partial charge on any atom is 0.246 e. The number of amides is 11. The van der Waals surface area contributed by atoms with Crippen LogP contribution in [0.3, 0.4) is 0 Å². The zero-order chi connectivity index (χ0) is 61.4. The number of aliphatic hydroxyl groups is 1. The Morgan fingerprint density at radius 3 is 1.43 bits per heavy atom. The molecule has 1 saturated heterocycles. The molecule has 12 atom stereocenters. The standard InChI is InChI=1S/C56H99N11O12/c1-23-25-26-34(11)46(69)45-50(73)59-39(24-2)54(77)61(16)29-42(68)64(19)40(27-30(3)4)49(72)60-43(32(7)8)55(78)65(20)41(28-31(5)6)48(71)57-35(12)47(70)58-36(13)51(74)62(17)37(14)52(75)63(18)38(15)53(76)66(21)44(33(9)10)56(79)67(45)22/h23,25,30-41,43-46,69H,24,26-29H2,1-22H3,(H,57,71)(H,58,70)(H,59,73)(H,60,72). The molecular formula is C56H99N11O12.